The van der Waals surface area contributed by atoms with Crippen LogP contribution in [0.1, 0.15) is 78.0 Å². The van der Waals surface area contributed by atoms with Crippen LogP contribution in [0.2, 0.25) is 0 Å². The van der Waals surface area contributed by atoms with Gasteiger partial charge in [-0.05, 0) is 74.0 Å². The van der Waals surface area contributed by atoms with E-state index in [9.17, 15) is 15.0 Å². The van der Waals surface area contributed by atoms with Crippen LogP contribution in [0, 0.1) is 40.9 Å². The van der Waals surface area contributed by atoms with Gasteiger partial charge in [0.25, 0.3) is 5.95 Å². The van der Waals surface area contributed by atoms with Gasteiger partial charge >= 0.3 is 0 Å². The Bertz CT molecular complexity index is 965. The highest BCUT2D eigenvalue weighted by atomic mass is 16.6. The Kier molecular flexibility index (Phi) is 4.43. The second kappa shape index (κ2) is 6.38. The number of aryl methyl sites for hydroxylation is 1. The fraction of sp³-hybridized carbons (Fsp3) is 0.808. The molecule has 2 heterocycles. The van der Waals surface area contributed by atoms with Crippen LogP contribution in [0.25, 0.3) is 0 Å². The summed E-state index contributed by atoms with van der Waals surface area (Å²) in [7, 11) is 0. The van der Waals surface area contributed by atoms with Gasteiger partial charge in [0.1, 0.15) is 11.4 Å². The van der Waals surface area contributed by atoms with Crippen molar-refractivity contribution in [2.75, 3.05) is 0 Å². The molecule has 3 aliphatic carbocycles. The quantitative estimate of drug-likeness (QED) is 0.643. The number of aliphatic hydroxyl groups excluding tert-OH is 2. The van der Waals surface area contributed by atoms with Crippen LogP contribution in [0.5, 0.6) is 5.95 Å². The zero-order valence-corrected chi connectivity index (χ0v) is 19.8. The standard InChI is InChI=1S/C26H38O5/c1-14-11-16(27)15-12-19-25(5)9-7-18-23(2,3)20(29)8-10-24(18,4)21(25)17(28)13-26(19,6)31-22(15)30-14/h11,17-21,28-29H,7-10,12-13H2,1-6H3/t17-,18-,19-,20-,21+,24-,25-,26-/m0/s1. The minimum Gasteiger partial charge on any atom is -0.458 e. The largest absolute Gasteiger partial charge is 0.458 e. The fourth-order valence-electron chi connectivity index (χ4n) is 9.01. The molecular formula is C26H38O5. The van der Waals surface area contributed by atoms with Gasteiger partial charge in [-0.15, -0.1) is 0 Å². The van der Waals surface area contributed by atoms with E-state index >= 15 is 0 Å². The van der Waals surface area contributed by atoms with Crippen molar-refractivity contribution in [3.63, 3.8) is 0 Å². The summed E-state index contributed by atoms with van der Waals surface area (Å²) in [5, 5.41) is 22.4. The first-order chi connectivity index (χ1) is 14.3. The van der Waals surface area contributed by atoms with Crippen molar-refractivity contribution in [1.82, 2.24) is 0 Å². The average molecular weight is 431 g/mol. The minimum absolute atomic E-state index is 0.00566. The lowest BCUT2D eigenvalue weighted by molar-refractivity contribution is -0.258. The Morgan fingerprint density at radius 2 is 1.65 bits per heavy atom. The molecule has 1 aromatic heterocycles. The summed E-state index contributed by atoms with van der Waals surface area (Å²) in [6, 6.07) is 1.56. The number of ether oxygens (including phenoxy) is 1. The molecule has 0 bridgehead atoms. The van der Waals surface area contributed by atoms with Gasteiger partial charge in [-0.1, -0.05) is 27.7 Å². The SMILES string of the molecule is Cc1cc(=O)c2c(o1)O[C@@]1(C)C[C@H](O)[C@@H]3[C@@]4(C)CC[C@H](O)C(C)(C)[C@@H]4CC[C@@]3(C)[C@@H]1C2. The summed E-state index contributed by atoms with van der Waals surface area (Å²) in [6.45, 7) is 13.0. The van der Waals surface area contributed by atoms with Crippen molar-refractivity contribution in [2.24, 2.45) is 34.0 Å². The zero-order chi connectivity index (χ0) is 22.6. The molecule has 8 atom stereocenters. The second-order valence-corrected chi connectivity index (χ2v) is 12.4. The van der Waals surface area contributed by atoms with Crippen LogP contribution in [0.15, 0.2) is 15.3 Å². The molecule has 3 saturated carbocycles. The van der Waals surface area contributed by atoms with Crippen LogP contribution >= 0.6 is 0 Å². The topological polar surface area (TPSA) is 79.9 Å². The molecule has 3 fully saturated rings. The van der Waals surface area contributed by atoms with E-state index in [1.54, 1.807) is 13.0 Å². The Morgan fingerprint density at radius 1 is 1.00 bits per heavy atom. The molecule has 2 N–H and O–H groups in total. The zero-order valence-electron chi connectivity index (χ0n) is 19.8. The van der Waals surface area contributed by atoms with Crippen molar-refractivity contribution in [3.05, 3.63) is 27.6 Å². The molecule has 1 aromatic rings. The van der Waals surface area contributed by atoms with Gasteiger partial charge in [0.05, 0.1) is 17.8 Å². The molecule has 4 aliphatic rings. The number of hydrogen-bond acceptors (Lipinski definition) is 5. The molecule has 31 heavy (non-hydrogen) atoms. The van der Waals surface area contributed by atoms with Gasteiger partial charge in [-0.2, -0.15) is 0 Å². The summed E-state index contributed by atoms with van der Waals surface area (Å²) in [5.41, 5.74) is -0.276. The van der Waals surface area contributed by atoms with Crippen LogP contribution in [0.3, 0.4) is 0 Å². The predicted molar refractivity (Wildman–Crippen MR) is 118 cm³/mol. The van der Waals surface area contributed by atoms with E-state index in [2.05, 4.69) is 34.6 Å². The third-order valence-corrected chi connectivity index (χ3v) is 10.3. The molecule has 0 amide bonds. The maximum atomic E-state index is 12.8. The highest BCUT2D eigenvalue weighted by Gasteiger charge is 2.69. The smallest absolute Gasteiger partial charge is 0.292 e. The van der Waals surface area contributed by atoms with Crippen LogP contribution < -0.4 is 10.2 Å². The van der Waals surface area contributed by atoms with Gasteiger partial charge < -0.3 is 19.4 Å². The van der Waals surface area contributed by atoms with Crippen molar-refractivity contribution in [3.8, 4) is 5.95 Å². The van der Waals surface area contributed by atoms with Gasteiger partial charge in [0, 0.05) is 18.4 Å². The van der Waals surface area contributed by atoms with E-state index in [0.29, 0.717) is 36.0 Å². The fourth-order valence-corrected chi connectivity index (χ4v) is 9.01. The van der Waals surface area contributed by atoms with Gasteiger partial charge in [0.15, 0.2) is 5.43 Å². The molecule has 172 valence electrons. The normalized spacial score (nSPS) is 47.9. The molecule has 0 spiro atoms. The first-order valence-corrected chi connectivity index (χ1v) is 12.0. The molecule has 0 radical (unpaired) electrons. The monoisotopic (exact) mass is 430 g/mol. The van der Waals surface area contributed by atoms with Crippen molar-refractivity contribution in [2.45, 2.75) is 97.9 Å². The third kappa shape index (κ3) is 2.71. The first kappa shape index (κ1) is 21.5. The number of aliphatic hydroxyl groups is 2. The summed E-state index contributed by atoms with van der Waals surface area (Å²) in [6.07, 6.45) is 4.12. The average Bonchev–Trinajstić information content (AvgIpc) is 2.62. The van der Waals surface area contributed by atoms with Crippen LogP contribution in [-0.4, -0.2) is 28.0 Å². The summed E-state index contributed by atoms with van der Waals surface area (Å²) in [5.74, 6) is 1.53. The Hall–Kier alpha value is -1.33. The van der Waals surface area contributed by atoms with Gasteiger partial charge in [-0.25, -0.2) is 0 Å². The molecule has 0 saturated heterocycles. The Balaban J connectivity index is 1.61. The third-order valence-electron chi connectivity index (χ3n) is 10.3. The van der Waals surface area contributed by atoms with E-state index in [1.807, 2.05) is 0 Å². The molecule has 0 unspecified atom stereocenters. The summed E-state index contributed by atoms with van der Waals surface area (Å²) in [4.78, 5) is 12.8. The highest BCUT2D eigenvalue weighted by molar-refractivity contribution is 5.32. The highest BCUT2D eigenvalue weighted by Crippen LogP contribution is 2.70. The molecular weight excluding hydrogens is 392 g/mol. The summed E-state index contributed by atoms with van der Waals surface area (Å²) < 4.78 is 12.2. The van der Waals surface area contributed by atoms with Crippen LogP contribution in [0.4, 0.5) is 0 Å². The van der Waals surface area contributed by atoms with Crippen molar-refractivity contribution >= 4 is 0 Å². The van der Waals surface area contributed by atoms with Gasteiger partial charge in [-0.3, -0.25) is 4.79 Å². The van der Waals surface area contributed by atoms with E-state index in [4.69, 9.17) is 9.15 Å². The van der Waals surface area contributed by atoms with E-state index < -0.39 is 11.7 Å². The number of hydrogen-bond donors (Lipinski definition) is 2. The van der Waals surface area contributed by atoms with Crippen LogP contribution in [-0.2, 0) is 6.42 Å². The number of fused-ring (bicyclic) bond motifs is 6. The first-order valence-electron chi connectivity index (χ1n) is 12.0. The molecule has 5 nitrogen and oxygen atoms in total. The van der Waals surface area contributed by atoms with Crippen molar-refractivity contribution < 1.29 is 19.4 Å². The van der Waals surface area contributed by atoms with Crippen molar-refractivity contribution in [1.29, 1.82) is 0 Å². The molecule has 0 aromatic carbocycles. The Morgan fingerprint density at radius 3 is 2.35 bits per heavy atom. The minimum atomic E-state index is -0.561. The lowest BCUT2D eigenvalue weighted by Gasteiger charge is -2.69. The summed E-state index contributed by atoms with van der Waals surface area (Å²) >= 11 is 0. The van der Waals surface area contributed by atoms with E-state index in [0.717, 1.165) is 25.7 Å². The molecule has 5 heteroatoms. The van der Waals surface area contributed by atoms with E-state index in [1.165, 1.54) is 0 Å². The lowest BCUT2D eigenvalue weighted by atomic mass is 9.37. The van der Waals surface area contributed by atoms with E-state index in [-0.39, 0.29) is 39.6 Å². The second-order valence-electron chi connectivity index (χ2n) is 12.4. The predicted octanol–water partition coefficient (Wildman–Crippen LogP) is 4.24. The Labute approximate surface area is 185 Å². The van der Waals surface area contributed by atoms with Gasteiger partial charge in [0.2, 0.25) is 0 Å². The molecule has 1 aliphatic heterocycles. The maximum absolute atomic E-state index is 12.8. The maximum Gasteiger partial charge on any atom is 0.292 e. The lowest BCUT2D eigenvalue weighted by Crippen LogP contribution is -2.70. The number of rotatable bonds is 0. The molecule has 5 rings (SSSR count).